The molecule has 178 valence electrons. The number of carbonyl (C=O) groups is 1. The van der Waals surface area contributed by atoms with Crippen molar-refractivity contribution in [3.05, 3.63) is 101 Å². The summed E-state index contributed by atoms with van der Waals surface area (Å²) in [5, 5.41) is 0. The zero-order chi connectivity index (χ0) is 23.8. The fourth-order valence-electron chi connectivity index (χ4n) is 4.14. The lowest BCUT2D eigenvalue weighted by Gasteiger charge is -2.35. The van der Waals surface area contributed by atoms with Gasteiger partial charge < -0.3 is 9.64 Å². The number of benzene rings is 2. The summed E-state index contributed by atoms with van der Waals surface area (Å²) in [4.78, 5) is 20.8. The number of pyridine rings is 1. The molecule has 1 saturated heterocycles. The molecule has 4 rings (SSSR count). The fourth-order valence-corrected chi connectivity index (χ4v) is 4.14. The molecule has 0 spiro atoms. The van der Waals surface area contributed by atoms with Gasteiger partial charge in [-0.15, -0.1) is 0 Å². The predicted octanol–water partition coefficient (Wildman–Crippen LogP) is 4.24. The van der Waals surface area contributed by atoms with Crippen LogP contribution in [0.3, 0.4) is 0 Å². The van der Waals surface area contributed by atoms with E-state index in [9.17, 15) is 13.6 Å². The molecule has 0 N–H and O–H groups in total. The highest BCUT2D eigenvalue weighted by Crippen LogP contribution is 2.26. The molecule has 2 heterocycles. The number of nitrogens with zero attached hydrogens (tertiary/aromatic N) is 3. The fraction of sp³-hybridized carbons (Fsp3) is 0.333. The minimum absolute atomic E-state index is 0.174. The van der Waals surface area contributed by atoms with E-state index in [0.717, 1.165) is 36.3 Å². The van der Waals surface area contributed by atoms with Crippen LogP contribution in [0.25, 0.3) is 0 Å². The molecule has 2 aromatic carbocycles. The monoisotopic (exact) mass is 465 g/mol. The standard InChI is InChI=1S/C27H29F2N3O2/c28-24-8-4-22(5-9-24)27(23-6-10-25(29)11-7-23)34-19-18-31-14-16-32(17-15-31)26(33)12-3-21-2-1-13-30-20-21/h1-2,4-11,13,20,27H,3,12,14-19H2. The van der Waals surface area contributed by atoms with Crippen molar-refractivity contribution >= 4 is 5.91 Å². The van der Waals surface area contributed by atoms with Gasteiger partial charge in [-0.25, -0.2) is 8.78 Å². The molecule has 1 amide bonds. The average molecular weight is 466 g/mol. The number of rotatable bonds is 9. The Morgan fingerprint density at radius 1 is 0.912 bits per heavy atom. The van der Waals surface area contributed by atoms with Crippen LogP contribution in [0.5, 0.6) is 0 Å². The number of ether oxygens (including phenoxy) is 1. The lowest BCUT2D eigenvalue weighted by Crippen LogP contribution is -2.49. The summed E-state index contributed by atoms with van der Waals surface area (Å²) in [5.41, 5.74) is 2.71. The molecule has 34 heavy (non-hydrogen) atoms. The molecule has 3 aromatic rings. The van der Waals surface area contributed by atoms with Gasteiger partial charge in [-0.3, -0.25) is 14.7 Å². The normalized spacial score (nSPS) is 14.5. The largest absolute Gasteiger partial charge is 0.367 e. The van der Waals surface area contributed by atoms with Crippen molar-refractivity contribution in [1.29, 1.82) is 0 Å². The summed E-state index contributed by atoms with van der Waals surface area (Å²) in [5.74, 6) is -0.448. The lowest BCUT2D eigenvalue weighted by molar-refractivity contribution is -0.133. The molecule has 0 atom stereocenters. The van der Waals surface area contributed by atoms with Crippen LogP contribution in [0.2, 0.25) is 0 Å². The lowest BCUT2D eigenvalue weighted by atomic mass is 10.0. The second-order valence-electron chi connectivity index (χ2n) is 8.44. The third kappa shape index (κ3) is 6.68. The number of amides is 1. The van der Waals surface area contributed by atoms with Crippen molar-refractivity contribution in [1.82, 2.24) is 14.8 Å². The van der Waals surface area contributed by atoms with Crippen LogP contribution >= 0.6 is 0 Å². The molecular formula is C27H29F2N3O2. The Morgan fingerprint density at radius 2 is 1.53 bits per heavy atom. The number of aryl methyl sites for hydroxylation is 1. The van der Waals surface area contributed by atoms with Crippen LogP contribution in [0.15, 0.2) is 73.1 Å². The quantitative estimate of drug-likeness (QED) is 0.474. The highest BCUT2D eigenvalue weighted by molar-refractivity contribution is 5.76. The van der Waals surface area contributed by atoms with Crippen molar-refractivity contribution in [2.45, 2.75) is 18.9 Å². The Balaban J connectivity index is 1.25. The van der Waals surface area contributed by atoms with E-state index in [1.807, 2.05) is 17.0 Å². The van der Waals surface area contributed by atoms with Gasteiger partial charge in [0, 0.05) is 51.5 Å². The zero-order valence-corrected chi connectivity index (χ0v) is 19.1. The van der Waals surface area contributed by atoms with E-state index in [4.69, 9.17) is 4.74 Å². The molecule has 0 unspecified atom stereocenters. The van der Waals surface area contributed by atoms with E-state index in [-0.39, 0.29) is 17.5 Å². The van der Waals surface area contributed by atoms with E-state index < -0.39 is 6.10 Å². The number of aromatic nitrogens is 1. The number of halogens is 2. The van der Waals surface area contributed by atoms with E-state index in [0.29, 0.717) is 32.5 Å². The van der Waals surface area contributed by atoms with Crippen LogP contribution < -0.4 is 0 Å². The van der Waals surface area contributed by atoms with Gasteiger partial charge in [-0.1, -0.05) is 30.3 Å². The highest BCUT2D eigenvalue weighted by atomic mass is 19.1. The maximum Gasteiger partial charge on any atom is 0.222 e. The Bertz CT molecular complexity index is 992. The summed E-state index contributed by atoms with van der Waals surface area (Å²) in [7, 11) is 0. The first kappa shape index (κ1) is 24.0. The van der Waals surface area contributed by atoms with Gasteiger partial charge >= 0.3 is 0 Å². The van der Waals surface area contributed by atoms with Gasteiger partial charge in [-0.05, 0) is 53.4 Å². The molecule has 0 saturated carbocycles. The third-order valence-electron chi connectivity index (χ3n) is 6.11. The topological polar surface area (TPSA) is 45.7 Å². The summed E-state index contributed by atoms with van der Waals surface area (Å²) >= 11 is 0. The van der Waals surface area contributed by atoms with Crippen LogP contribution in [0.1, 0.15) is 29.2 Å². The molecule has 1 fully saturated rings. The molecule has 1 aromatic heterocycles. The SMILES string of the molecule is O=C(CCc1cccnc1)N1CCN(CCOC(c2ccc(F)cc2)c2ccc(F)cc2)CC1. The Labute approximate surface area is 199 Å². The predicted molar refractivity (Wildman–Crippen MR) is 126 cm³/mol. The first-order valence-corrected chi connectivity index (χ1v) is 11.6. The summed E-state index contributed by atoms with van der Waals surface area (Å²) < 4.78 is 33.0. The van der Waals surface area contributed by atoms with Gasteiger partial charge in [0.25, 0.3) is 0 Å². The number of hydrogen-bond donors (Lipinski definition) is 0. The molecule has 0 bridgehead atoms. The van der Waals surface area contributed by atoms with Gasteiger partial charge in [0.05, 0.1) is 6.61 Å². The second kappa shape index (κ2) is 11.8. The number of hydrogen-bond acceptors (Lipinski definition) is 4. The minimum Gasteiger partial charge on any atom is -0.367 e. The smallest absolute Gasteiger partial charge is 0.222 e. The maximum absolute atomic E-state index is 13.4. The summed E-state index contributed by atoms with van der Waals surface area (Å²) in [6.07, 6.45) is 4.32. The molecule has 1 aliphatic rings. The first-order valence-electron chi connectivity index (χ1n) is 11.6. The molecule has 1 aliphatic heterocycles. The summed E-state index contributed by atoms with van der Waals surface area (Å²) in [6, 6.07) is 16.3. The van der Waals surface area contributed by atoms with Crippen LogP contribution in [-0.4, -0.2) is 60.0 Å². The van der Waals surface area contributed by atoms with E-state index in [1.165, 1.54) is 24.3 Å². The van der Waals surface area contributed by atoms with E-state index in [1.54, 1.807) is 36.7 Å². The van der Waals surface area contributed by atoms with Crippen LogP contribution in [-0.2, 0) is 16.0 Å². The van der Waals surface area contributed by atoms with E-state index >= 15 is 0 Å². The van der Waals surface area contributed by atoms with Gasteiger partial charge in [-0.2, -0.15) is 0 Å². The Kier molecular flexibility index (Phi) is 8.33. The zero-order valence-electron chi connectivity index (χ0n) is 19.1. The average Bonchev–Trinajstić information content (AvgIpc) is 2.88. The number of piperazine rings is 1. The molecule has 0 radical (unpaired) electrons. The van der Waals surface area contributed by atoms with Crippen LogP contribution in [0, 0.1) is 11.6 Å². The highest BCUT2D eigenvalue weighted by Gasteiger charge is 2.21. The van der Waals surface area contributed by atoms with E-state index in [2.05, 4.69) is 9.88 Å². The second-order valence-corrected chi connectivity index (χ2v) is 8.44. The third-order valence-corrected chi connectivity index (χ3v) is 6.11. The molecule has 5 nitrogen and oxygen atoms in total. The van der Waals surface area contributed by atoms with Crippen LogP contribution in [0.4, 0.5) is 8.78 Å². The van der Waals surface area contributed by atoms with Crippen molar-refractivity contribution in [2.24, 2.45) is 0 Å². The molecular weight excluding hydrogens is 436 g/mol. The molecule has 7 heteroatoms. The van der Waals surface area contributed by atoms with Crippen molar-refractivity contribution in [3.8, 4) is 0 Å². The first-order chi connectivity index (χ1) is 16.6. The minimum atomic E-state index is -0.406. The Morgan fingerprint density at radius 3 is 2.09 bits per heavy atom. The van der Waals surface area contributed by atoms with Gasteiger partial charge in [0.2, 0.25) is 5.91 Å². The summed E-state index contributed by atoms with van der Waals surface area (Å²) in [6.45, 7) is 4.17. The Hall–Kier alpha value is -3.16. The van der Waals surface area contributed by atoms with Gasteiger partial charge in [0.15, 0.2) is 0 Å². The van der Waals surface area contributed by atoms with Crippen molar-refractivity contribution in [3.63, 3.8) is 0 Å². The number of carbonyl (C=O) groups excluding carboxylic acids is 1. The van der Waals surface area contributed by atoms with Crippen molar-refractivity contribution in [2.75, 3.05) is 39.3 Å². The van der Waals surface area contributed by atoms with Gasteiger partial charge in [0.1, 0.15) is 17.7 Å². The molecule has 0 aliphatic carbocycles. The maximum atomic E-state index is 13.4. The van der Waals surface area contributed by atoms with Crippen molar-refractivity contribution < 1.29 is 18.3 Å².